The fourth-order valence-electron chi connectivity index (χ4n) is 1.87. The van der Waals surface area contributed by atoms with Crippen LogP contribution in [0.3, 0.4) is 0 Å². The van der Waals surface area contributed by atoms with Crippen LogP contribution in [-0.2, 0) is 0 Å². The summed E-state index contributed by atoms with van der Waals surface area (Å²) >= 11 is 0. The van der Waals surface area contributed by atoms with E-state index in [0.29, 0.717) is 12.2 Å². The number of carbonyl (C=O) groups excluding carboxylic acids is 1. The van der Waals surface area contributed by atoms with E-state index in [1.165, 1.54) is 0 Å². The van der Waals surface area contributed by atoms with Crippen LogP contribution in [0.4, 0.5) is 5.95 Å². The van der Waals surface area contributed by atoms with Gasteiger partial charge in [0.1, 0.15) is 0 Å². The first kappa shape index (κ1) is 12.2. The van der Waals surface area contributed by atoms with Crippen molar-refractivity contribution in [3.8, 4) is 6.01 Å². The highest BCUT2D eigenvalue weighted by atomic mass is 16.5. The third-order valence-electron chi connectivity index (χ3n) is 2.79. The molecular weight excluding hydrogens is 258 g/mol. The molecule has 0 saturated carbocycles. The second-order valence-electron chi connectivity index (χ2n) is 4.13. The van der Waals surface area contributed by atoms with Crippen molar-refractivity contribution in [1.29, 1.82) is 0 Å². The number of nitrogens with zero attached hydrogens (tertiary/aromatic N) is 2. The Balaban J connectivity index is 1.77. The van der Waals surface area contributed by atoms with E-state index in [0.717, 1.165) is 10.9 Å². The first-order chi connectivity index (χ1) is 9.76. The Bertz CT molecular complexity index is 746. The molecule has 0 spiro atoms. The minimum Gasteiger partial charge on any atom is -0.463 e. The Labute approximate surface area is 114 Å². The summed E-state index contributed by atoms with van der Waals surface area (Å²) < 4.78 is 5.11. The van der Waals surface area contributed by atoms with Gasteiger partial charge in [-0.15, -0.1) is 5.10 Å². The second-order valence-corrected chi connectivity index (χ2v) is 4.13. The van der Waals surface area contributed by atoms with Crippen molar-refractivity contribution in [2.45, 2.75) is 6.92 Å². The Hall–Kier alpha value is -2.83. The van der Waals surface area contributed by atoms with Crippen molar-refractivity contribution < 1.29 is 9.53 Å². The zero-order valence-corrected chi connectivity index (χ0v) is 10.8. The van der Waals surface area contributed by atoms with Crippen molar-refractivity contribution in [1.82, 2.24) is 20.2 Å². The molecule has 3 aromatic rings. The molecule has 1 amide bonds. The molecule has 0 aliphatic carbocycles. The molecule has 0 aliphatic rings. The number of anilines is 1. The highest BCUT2D eigenvalue weighted by Crippen LogP contribution is 2.15. The number of rotatable bonds is 4. The highest BCUT2D eigenvalue weighted by Gasteiger charge is 2.10. The lowest BCUT2D eigenvalue weighted by atomic mass is 10.1. The molecule has 3 rings (SSSR count). The van der Waals surface area contributed by atoms with E-state index in [9.17, 15) is 4.79 Å². The van der Waals surface area contributed by atoms with Crippen LogP contribution in [0.1, 0.15) is 17.3 Å². The van der Waals surface area contributed by atoms with E-state index in [4.69, 9.17) is 4.74 Å². The van der Waals surface area contributed by atoms with Gasteiger partial charge in [0.2, 0.25) is 5.95 Å². The Kier molecular flexibility index (Phi) is 3.08. The average Bonchev–Trinajstić information content (AvgIpc) is 3.07. The van der Waals surface area contributed by atoms with Crippen LogP contribution in [0.15, 0.2) is 30.5 Å². The normalized spacial score (nSPS) is 10.7. The zero-order valence-electron chi connectivity index (χ0n) is 10.8. The predicted molar refractivity (Wildman–Crippen MR) is 73.8 cm³/mol. The van der Waals surface area contributed by atoms with Gasteiger partial charge >= 0.3 is 6.01 Å². The van der Waals surface area contributed by atoms with Gasteiger partial charge < -0.3 is 9.72 Å². The molecule has 0 atom stereocenters. The van der Waals surface area contributed by atoms with Crippen molar-refractivity contribution in [3.63, 3.8) is 0 Å². The molecule has 7 heteroatoms. The SMILES string of the molecule is CCOc1n[nH]c(NC(=O)c2ccc3[nH]ccc3c2)n1. The molecule has 3 N–H and O–H groups in total. The molecule has 7 nitrogen and oxygen atoms in total. The summed E-state index contributed by atoms with van der Waals surface area (Å²) in [5.74, 6) is -0.0000796. The second kappa shape index (κ2) is 5.04. The van der Waals surface area contributed by atoms with Gasteiger partial charge in [-0.2, -0.15) is 4.98 Å². The van der Waals surface area contributed by atoms with Gasteiger partial charge in [0.05, 0.1) is 6.61 Å². The van der Waals surface area contributed by atoms with E-state index < -0.39 is 0 Å². The molecule has 0 unspecified atom stereocenters. The maximum atomic E-state index is 12.1. The molecular formula is C13H13N5O2. The van der Waals surface area contributed by atoms with Gasteiger partial charge in [-0.05, 0) is 31.2 Å². The number of fused-ring (bicyclic) bond motifs is 1. The molecule has 0 aliphatic heterocycles. The fraction of sp³-hybridized carbons (Fsp3) is 0.154. The number of hydrogen-bond acceptors (Lipinski definition) is 4. The Morgan fingerprint density at radius 2 is 2.30 bits per heavy atom. The topological polar surface area (TPSA) is 95.7 Å². The summed E-state index contributed by atoms with van der Waals surface area (Å²) in [6.45, 7) is 2.30. The van der Waals surface area contributed by atoms with Crippen LogP contribution in [-0.4, -0.2) is 32.7 Å². The first-order valence-electron chi connectivity index (χ1n) is 6.20. The van der Waals surface area contributed by atoms with Gasteiger partial charge in [-0.3, -0.25) is 10.1 Å². The minimum atomic E-state index is -0.257. The smallest absolute Gasteiger partial charge is 0.337 e. The van der Waals surface area contributed by atoms with Crippen molar-refractivity contribution in [2.75, 3.05) is 11.9 Å². The molecule has 0 radical (unpaired) electrons. The van der Waals surface area contributed by atoms with E-state index >= 15 is 0 Å². The molecule has 0 bridgehead atoms. The Morgan fingerprint density at radius 3 is 3.15 bits per heavy atom. The van der Waals surface area contributed by atoms with Crippen molar-refractivity contribution in [3.05, 3.63) is 36.0 Å². The van der Waals surface area contributed by atoms with E-state index in [1.807, 2.05) is 25.3 Å². The first-order valence-corrected chi connectivity index (χ1v) is 6.20. The summed E-state index contributed by atoms with van der Waals surface area (Å²) in [5, 5.41) is 10.0. The number of aromatic nitrogens is 4. The van der Waals surface area contributed by atoms with E-state index in [1.54, 1.807) is 12.1 Å². The van der Waals surface area contributed by atoms with Crippen LogP contribution in [0.5, 0.6) is 6.01 Å². The summed E-state index contributed by atoms with van der Waals surface area (Å²) in [5.41, 5.74) is 1.53. The maximum absolute atomic E-state index is 12.1. The van der Waals surface area contributed by atoms with Crippen molar-refractivity contribution >= 4 is 22.8 Å². The third kappa shape index (κ3) is 2.33. The number of benzene rings is 1. The van der Waals surface area contributed by atoms with Crippen LogP contribution in [0.25, 0.3) is 10.9 Å². The number of ether oxygens (including phenoxy) is 1. The van der Waals surface area contributed by atoms with Gasteiger partial charge in [-0.25, -0.2) is 5.10 Å². The van der Waals surface area contributed by atoms with Crippen LogP contribution < -0.4 is 10.1 Å². The van der Waals surface area contributed by atoms with E-state index in [-0.39, 0.29) is 17.9 Å². The molecule has 2 aromatic heterocycles. The predicted octanol–water partition coefficient (Wildman–Crippen LogP) is 1.94. The quantitative estimate of drug-likeness (QED) is 0.675. The summed E-state index contributed by atoms with van der Waals surface area (Å²) in [4.78, 5) is 19.2. The molecule has 0 saturated heterocycles. The standard InChI is InChI=1S/C13H13N5O2/c1-2-20-13-16-12(17-18-13)15-11(19)9-3-4-10-8(7-9)5-6-14-10/h3-7,14H,2H2,1H3,(H2,15,16,17,18,19). The highest BCUT2D eigenvalue weighted by molar-refractivity contribution is 6.05. The van der Waals surface area contributed by atoms with Gasteiger partial charge in [0.25, 0.3) is 5.91 Å². The molecule has 102 valence electrons. The van der Waals surface area contributed by atoms with Gasteiger partial charge in [0.15, 0.2) is 0 Å². The van der Waals surface area contributed by atoms with Crippen LogP contribution in [0.2, 0.25) is 0 Å². The number of carbonyl (C=O) groups is 1. The van der Waals surface area contributed by atoms with Gasteiger partial charge in [-0.1, -0.05) is 0 Å². The number of H-pyrrole nitrogens is 2. The van der Waals surface area contributed by atoms with Crippen LogP contribution >= 0.6 is 0 Å². The Morgan fingerprint density at radius 1 is 1.40 bits per heavy atom. The molecule has 2 heterocycles. The number of aromatic amines is 2. The molecule has 0 fully saturated rings. The molecule has 20 heavy (non-hydrogen) atoms. The number of nitrogens with one attached hydrogen (secondary N) is 3. The number of amides is 1. The lowest BCUT2D eigenvalue weighted by Gasteiger charge is -2.01. The lowest BCUT2D eigenvalue weighted by molar-refractivity contribution is 0.102. The third-order valence-corrected chi connectivity index (χ3v) is 2.79. The largest absolute Gasteiger partial charge is 0.463 e. The monoisotopic (exact) mass is 271 g/mol. The van der Waals surface area contributed by atoms with E-state index in [2.05, 4.69) is 25.5 Å². The lowest BCUT2D eigenvalue weighted by Crippen LogP contribution is -2.12. The molecule has 1 aromatic carbocycles. The summed E-state index contributed by atoms with van der Waals surface area (Å²) in [7, 11) is 0. The number of hydrogen-bond donors (Lipinski definition) is 3. The van der Waals surface area contributed by atoms with Crippen LogP contribution in [0, 0.1) is 0 Å². The zero-order chi connectivity index (χ0) is 13.9. The maximum Gasteiger partial charge on any atom is 0.337 e. The summed E-state index contributed by atoms with van der Waals surface area (Å²) in [6, 6.07) is 7.53. The minimum absolute atomic E-state index is 0.212. The van der Waals surface area contributed by atoms with Crippen molar-refractivity contribution in [2.24, 2.45) is 0 Å². The fourth-order valence-corrected chi connectivity index (χ4v) is 1.87. The summed E-state index contributed by atoms with van der Waals surface area (Å²) in [6.07, 6.45) is 1.83. The van der Waals surface area contributed by atoms with Gasteiger partial charge in [0, 0.05) is 22.7 Å². The average molecular weight is 271 g/mol.